The Balaban J connectivity index is 1.76. The number of carbonyl (C=O) groups is 1. The number of ether oxygens (including phenoxy) is 2. The summed E-state index contributed by atoms with van der Waals surface area (Å²) in [5.74, 6) is 0.920. The van der Waals surface area contributed by atoms with Crippen molar-refractivity contribution in [2.45, 2.75) is 13.0 Å². The van der Waals surface area contributed by atoms with Gasteiger partial charge < -0.3 is 9.47 Å². The lowest BCUT2D eigenvalue weighted by molar-refractivity contribution is 0.0955. The van der Waals surface area contributed by atoms with Crippen LogP contribution >= 0.6 is 11.6 Å². The zero-order valence-electron chi connectivity index (χ0n) is 17.2. The van der Waals surface area contributed by atoms with E-state index in [1.165, 1.54) is 0 Å². The molecule has 0 radical (unpaired) electrons. The lowest BCUT2D eigenvalue weighted by Gasteiger charge is -2.16. The zero-order chi connectivity index (χ0) is 22.1. The van der Waals surface area contributed by atoms with E-state index >= 15 is 0 Å². The fraction of sp³-hybridized carbons (Fsp3) is 0.120. The molecule has 0 aliphatic rings. The summed E-state index contributed by atoms with van der Waals surface area (Å²) in [6, 6.07) is 20.2. The first-order valence-electron chi connectivity index (χ1n) is 9.68. The van der Waals surface area contributed by atoms with Crippen molar-refractivity contribution < 1.29 is 14.3 Å². The van der Waals surface area contributed by atoms with Crippen molar-refractivity contribution in [1.29, 1.82) is 0 Å². The summed E-state index contributed by atoms with van der Waals surface area (Å²) >= 11 is 5.85. The molecule has 6 heteroatoms. The standard InChI is InChI=1S/C25H23ClN2O3/c1-3-7-21-14-19(16-27-28-25(29)20-10-12-22(26)13-11-20)15-23(30-2)24(21)31-17-18-8-5-4-6-9-18/h3-6,8-16H,1,7,17H2,2H3,(H,28,29)/b27-16-. The van der Waals surface area contributed by atoms with Crippen molar-refractivity contribution >= 4 is 23.7 Å². The number of nitrogens with zero attached hydrogens (tertiary/aromatic N) is 1. The molecule has 3 rings (SSSR count). The fourth-order valence-corrected chi connectivity index (χ4v) is 3.07. The Morgan fingerprint density at radius 2 is 1.87 bits per heavy atom. The molecular formula is C25H23ClN2O3. The number of carbonyl (C=O) groups excluding carboxylic acids is 1. The molecule has 3 aromatic carbocycles. The van der Waals surface area contributed by atoms with Gasteiger partial charge in [-0.3, -0.25) is 4.79 Å². The lowest BCUT2D eigenvalue weighted by Crippen LogP contribution is -2.17. The number of amides is 1. The third kappa shape index (κ3) is 6.20. The maximum absolute atomic E-state index is 12.2. The van der Waals surface area contributed by atoms with Crippen LogP contribution in [0.2, 0.25) is 5.02 Å². The average Bonchev–Trinajstić information content (AvgIpc) is 2.79. The minimum absolute atomic E-state index is 0.325. The minimum Gasteiger partial charge on any atom is -0.493 e. The van der Waals surface area contributed by atoms with Gasteiger partial charge in [-0.05, 0) is 53.9 Å². The summed E-state index contributed by atoms with van der Waals surface area (Å²) in [6.07, 6.45) is 3.95. The molecule has 0 saturated carbocycles. The van der Waals surface area contributed by atoms with Gasteiger partial charge in [-0.15, -0.1) is 6.58 Å². The van der Waals surface area contributed by atoms with E-state index in [4.69, 9.17) is 21.1 Å². The van der Waals surface area contributed by atoms with Gasteiger partial charge in [0.05, 0.1) is 13.3 Å². The van der Waals surface area contributed by atoms with Gasteiger partial charge in [0.15, 0.2) is 11.5 Å². The number of methoxy groups -OCH3 is 1. The minimum atomic E-state index is -0.325. The summed E-state index contributed by atoms with van der Waals surface area (Å²) in [5.41, 5.74) is 5.71. The summed E-state index contributed by atoms with van der Waals surface area (Å²) in [5, 5.41) is 4.63. The van der Waals surface area contributed by atoms with Crippen LogP contribution in [0.3, 0.4) is 0 Å². The summed E-state index contributed by atoms with van der Waals surface area (Å²) < 4.78 is 11.6. The van der Waals surface area contributed by atoms with E-state index in [1.54, 1.807) is 43.7 Å². The summed E-state index contributed by atoms with van der Waals surface area (Å²) in [6.45, 7) is 4.25. The fourth-order valence-electron chi connectivity index (χ4n) is 2.94. The van der Waals surface area contributed by atoms with Crippen LogP contribution in [-0.2, 0) is 13.0 Å². The Bertz CT molecular complexity index is 1060. The molecule has 0 aliphatic heterocycles. The van der Waals surface area contributed by atoms with E-state index in [9.17, 15) is 4.79 Å². The molecule has 3 aromatic rings. The third-order valence-electron chi connectivity index (χ3n) is 4.45. The second kappa shape index (κ2) is 11.0. The number of nitrogens with one attached hydrogen (secondary N) is 1. The monoisotopic (exact) mass is 434 g/mol. The molecule has 31 heavy (non-hydrogen) atoms. The highest BCUT2D eigenvalue weighted by atomic mass is 35.5. The molecule has 0 spiro atoms. The van der Waals surface area contributed by atoms with Crippen LogP contribution in [0.4, 0.5) is 0 Å². The van der Waals surface area contributed by atoms with Crippen LogP contribution in [0.25, 0.3) is 0 Å². The first-order chi connectivity index (χ1) is 15.1. The summed E-state index contributed by atoms with van der Waals surface area (Å²) in [7, 11) is 1.59. The normalized spacial score (nSPS) is 10.6. The van der Waals surface area contributed by atoms with E-state index in [1.807, 2.05) is 42.5 Å². The highest BCUT2D eigenvalue weighted by Gasteiger charge is 2.13. The highest BCUT2D eigenvalue weighted by molar-refractivity contribution is 6.30. The molecule has 0 fully saturated rings. The van der Waals surface area contributed by atoms with Crippen LogP contribution in [0.15, 0.2) is 84.5 Å². The second-order valence-electron chi connectivity index (χ2n) is 6.68. The van der Waals surface area contributed by atoms with Crippen LogP contribution in [0, 0.1) is 0 Å². The van der Waals surface area contributed by atoms with Crippen LogP contribution in [-0.4, -0.2) is 19.2 Å². The van der Waals surface area contributed by atoms with E-state index in [-0.39, 0.29) is 5.91 Å². The van der Waals surface area contributed by atoms with Crippen molar-refractivity contribution in [3.63, 3.8) is 0 Å². The van der Waals surface area contributed by atoms with Crippen molar-refractivity contribution in [3.8, 4) is 11.5 Å². The number of hydrogen-bond donors (Lipinski definition) is 1. The first kappa shape index (κ1) is 22.1. The molecule has 0 aliphatic carbocycles. The van der Waals surface area contributed by atoms with Gasteiger partial charge in [0.1, 0.15) is 6.61 Å². The quantitative estimate of drug-likeness (QED) is 0.278. The van der Waals surface area contributed by atoms with Crippen molar-refractivity contribution in [2.24, 2.45) is 5.10 Å². The number of halogens is 1. The number of rotatable bonds is 9. The van der Waals surface area contributed by atoms with Gasteiger partial charge in [-0.1, -0.05) is 48.0 Å². The molecule has 1 amide bonds. The Morgan fingerprint density at radius 1 is 1.13 bits per heavy atom. The van der Waals surface area contributed by atoms with E-state index < -0.39 is 0 Å². The molecular weight excluding hydrogens is 412 g/mol. The number of allylic oxidation sites excluding steroid dienone is 1. The molecule has 0 heterocycles. The first-order valence-corrected chi connectivity index (χ1v) is 10.1. The van der Waals surface area contributed by atoms with E-state index in [0.29, 0.717) is 35.1 Å². The van der Waals surface area contributed by atoms with Gasteiger partial charge >= 0.3 is 0 Å². The highest BCUT2D eigenvalue weighted by Crippen LogP contribution is 2.34. The Morgan fingerprint density at radius 3 is 2.55 bits per heavy atom. The van der Waals surface area contributed by atoms with E-state index in [0.717, 1.165) is 16.7 Å². The maximum Gasteiger partial charge on any atom is 0.271 e. The van der Waals surface area contributed by atoms with Crippen LogP contribution in [0.1, 0.15) is 27.0 Å². The van der Waals surface area contributed by atoms with Gasteiger partial charge in [0.2, 0.25) is 0 Å². The predicted octanol–water partition coefficient (Wildman–Crippen LogP) is 5.42. The Labute approximate surface area is 187 Å². The van der Waals surface area contributed by atoms with Gasteiger partial charge in [-0.25, -0.2) is 5.43 Å². The molecule has 0 aromatic heterocycles. The van der Waals surface area contributed by atoms with Crippen LogP contribution in [0.5, 0.6) is 11.5 Å². The largest absolute Gasteiger partial charge is 0.493 e. The smallest absolute Gasteiger partial charge is 0.271 e. The zero-order valence-corrected chi connectivity index (χ0v) is 17.9. The molecule has 0 atom stereocenters. The number of benzene rings is 3. The van der Waals surface area contributed by atoms with Crippen molar-refractivity contribution in [3.05, 3.63) is 107 Å². The number of hydrazone groups is 1. The molecule has 0 saturated heterocycles. The molecule has 5 nitrogen and oxygen atoms in total. The maximum atomic E-state index is 12.2. The Kier molecular flexibility index (Phi) is 7.85. The van der Waals surface area contributed by atoms with Crippen molar-refractivity contribution in [2.75, 3.05) is 7.11 Å². The average molecular weight is 435 g/mol. The van der Waals surface area contributed by atoms with Crippen molar-refractivity contribution in [1.82, 2.24) is 5.43 Å². The van der Waals surface area contributed by atoms with E-state index in [2.05, 4.69) is 17.1 Å². The molecule has 0 bridgehead atoms. The van der Waals surface area contributed by atoms with Gasteiger partial charge in [0.25, 0.3) is 5.91 Å². The van der Waals surface area contributed by atoms with Gasteiger partial charge in [-0.2, -0.15) is 5.10 Å². The predicted molar refractivity (Wildman–Crippen MR) is 124 cm³/mol. The molecule has 158 valence electrons. The summed E-state index contributed by atoms with van der Waals surface area (Å²) in [4.78, 5) is 12.2. The molecule has 0 unspecified atom stereocenters. The lowest BCUT2D eigenvalue weighted by atomic mass is 10.1. The van der Waals surface area contributed by atoms with Crippen LogP contribution < -0.4 is 14.9 Å². The SMILES string of the molecule is C=CCc1cc(/C=N\NC(=O)c2ccc(Cl)cc2)cc(OC)c1OCc1ccccc1. The van der Waals surface area contributed by atoms with Gasteiger partial charge in [0, 0.05) is 16.1 Å². The third-order valence-corrected chi connectivity index (χ3v) is 4.70. The molecule has 1 N–H and O–H groups in total. The Hall–Kier alpha value is -3.57. The topological polar surface area (TPSA) is 59.9 Å². The second-order valence-corrected chi connectivity index (χ2v) is 7.12. The number of hydrogen-bond acceptors (Lipinski definition) is 4.